The molecule has 1 aliphatic heterocycles. The van der Waals surface area contributed by atoms with E-state index in [2.05, 4.69) is 11.1 Å². The van der Waals surface area contributed by atoms with Gasteiger partial charge < -0.3 is 4.90 Å². The number of hydrogen-bond acceptors (Lipinski definition) is 5. The topological polar surface area (TPSA) is 70.6 Å². The maximum Gasteiger partial charge on any atom is 0.258 e. The highest BCUT2D eigenvalue weighted by molar-refractivity contribution is 7.89. The number of carbonyl (C=O) groups excluding carboxylic acids is 1. The highest BCUT2D eigenvalue weighted by atomic mass is 32.2. The molecule has 3 aromatic rings. The molecule has 2 aromatic carbocycles. The summed E-state index contributed by atoms with van der Waals surface area (Å²) in [7, 11) is -0.646. The van der Waals surface area contributed by atoms with Crippen LogP contribution in [0.2, 0.25) is 0 Å². The van der Waals surface area contributed by atoms with Gasteiger partial charge in [0.25, 0.3) is 5.91 Å². The molecule has 0 fully saturated rings. The Morgan fingerprint density at radius 1 is 1.17 bits per heavy atom. The first-order chi connectivity index (χ1) is 13.8. The van der Waals surface area contributed by atoms with Crippen molar-refractivity contribution in [1.82, 2.24) is 9.29 Å². The van der Waals surface area contributed by atoms with Gasteiger partial charge in [0.1, 0.15) is 0 Å². The average molecular weight is 428 g/mol. The number of fused-ring (bicyclic) bond motifs is 1. The molecule has 150 valence electrons. The molecule has 4 rings (SSSR count). The van der Waals surface area contributed by atoms with Gasteiger partial charge in [-0.25, -0.2) is 17.7 Å². The van der Waals surface area contributed by atoms with Crippen LogP contribution in [0.5, 0.6) is 0 Å². The van der Waals surface area contributed by atoms with Crippen LogP contribution in [0.25, 0.3) is 11.3 Å². The molecule has 29 heavy (non-hydrogen) atoms. The maximum absolute atomic E-state index is 13.1. The summed E-state index contributed by atoms with van der Waals surface area (Å²) in [5, 5.41) is 3.05. The summed E-state index contributed by atoms with van der Waals surface area (Å²) in [6, 6.07) is 12.2. The van der Waals surface area contributed by atoms with Crippen molar-refractivity contribution in [2.45, 2.75) is 18.2 Å². The zero-order valence-electron chi connectivity index (χ0n) is 16.4. The number of nitrogens with zero attached hydrogens (tertiary/aromatic N) is 3. The molecule has 0 aliphatic carbocycles. The van der Waals surface area contributed by atoms with Crippen LogP contribution in [0, 0.1) is 6.92 Å². The normalized spacial score (nSPS) is 13.7. The third-order valence-electron chi connectivity index (χ3n) is 4.99. The molecular weight excluding hydrogens is 406 g/mol. The molecule has 8 heteroatoms. The van der Waals surface area contributed by atoms with E-state index in [-0.39, 0.29) is 10.8 Å². The summed E-state index contributed by atoms with van der Waals surface area (Å²) in [5.74, 6) is -0.197. The van der Waals surface area contributed by atoms with Gasteiger partial charge in [-0.3, -0.25) is 4.79 Å². The Morgan fingerprint density at radius 3 is 2.66 bits per heavy atom. The molecule has 0 N–H and O–H groups in total. The van der Waals surface area contributed by atoms with Crippen LogP contribution >= 0.6 is 11.3 Å². The van der Waals surface area contributed by atoms with Gasteiger partial charge in [-0.1, -0.05) is 12.1 Å². The minimum atomic E-state index is -3.59. The summed E-state index contributed by atoms with van der Waals surface area (Å²) in [4.78, 5) is 19.5. The van der Waals surface area contributed by atoms with Crippen LogP contribution in [0.1, 0.15) is 20.9 Å². The van der Waals surface area contributed by atoms with Crippen LogP contribution in [0.3, 0.4) is 0 Å². The SMILES string of the molecule is Cc1nc(-c2ccc3c(c2)CCN3C(=O)c2cccc(S(=O)(=O)N(C)C)c2)cs1. The first kappa shape index (κ1) is 19.8. The van der Waals surface area contributed by atoms with E-state index >= 15 is 0 Å². The van der Waals surface area contributed by atoms with Gasteiger partial charge in [0.05, 0.1) is 15.6 Å². The quantitative estimate of drug-likeness (QED) is 0.638. The number of thiazole rings is 1. The second kappa shape index (κ2) is 7.37. The standard InChI is InChI=1S/C21H21N3O3S2/c1-14-22-19(13-28-14)15-7-8-20-16(11-15)9-10-24(20)21(25)17-5-4-6-18(12-17)29(26,27)23(2)3/h4-8,11-13H,9-10H2,1-3H3. The van der Waals surface area contributed by atoms with E-state index in [1.54, 1.807) is 28.4 Å². The van der Waals surface area contributed by atoms with Crippen molar-refractivity contribution in [2.24, 2.45) is 0 Å². The number of carbonyl (C=O) groups is 1. The van der Waals surface area contributed by atoms with E-state index in [1.807, 2.05) is 24.4 Å². The van der Waals surface area contributed by atoms with E-state index in [1.165, 1.54) is 26.2 Å². The van der Waals surface area contributed by atoms with Gasteiger partial charge in [-0.15, -0.1) is 11.3 Å². The lowest BCUT2D eigenvalue weighted by Crippen LogP contribution is -2.29. The summed E-state index contributed by atoms with van der Waals surface area (Å²) >= 11 is 1.61. The van der Waals surface area contributed by atoms with Crippen LogP contribution in [-0.4, -0.2) is 44.3 Å². The first-order valence-electron chi connectivity index (χ1n) is 9.17. The summed E-state index contributed by atoms with van der Waals surface area (Å²) in [5.41, 5.74) is 4.31. The number of benzene rings is 2. The number of rotatable bonds is 4. The molecule has 1 aliphatic rings. The van der Waals surface area contributed by atoms with E-state index < -0.39 is 10.0 Å². The van der Waals surface area contributed by atoms with E-state index in [9.17, 15) is 13.2 Å². The Labute approximate surface area is 174 Å². The Kier molecular flexibility index (Phi) is 5.02. The van der Waals surface area contributed by atoms with Gasteiger partial charge in [-0.05, 0) is 49.2 Å². The van der Waals surface area contributed by atoms with Gasteiger partial charge in [-0.2, -0.15) is 0 Å². The van der Waals surface area contributed by atoms with Crippen molar-refractivity contribution in [3.8, 4) is 11.3 Å². The number of hydrogen-bond donors (Lipinski definition) is 0. The van der Waals surface area contributed by atoms with Crippen LogP contribution in [0.15, 0.2) is 52.7 Å². The number of aromatic nitrogens is 1. The zero-order valence-corrected chi connectivity index (χ0v) is 18.0. The third kappa shape index (κ3) is 3.59. The van der Waals surface area contributed by atoms with Crippen molar-refractivity contribution in [2.75, 3.05) is 25.5 Å². The van der Waals surface area contributed by atoms with Crippen molar-refractivity contribution in [3.63, 3.8) is 0 Å². The molecule has 0 radical (unpaired) electrons. The second-order valence-corrected chi connectivity index (χ2v) is 10.3. The van der Waals surface area contributed by atoms with Crippen LogP contribution < -0.4 is 4.90 Å². The van der Waals surface area contributed by atoms with Crippen molar-refractivity contribution >= 4 is 33.0 Å². The predicted octanol–water partition coefficient (Wildman–Crippen LogP) is 3.57. The molecule has 1 amide bonds. The molecule has 1 aromatic heterocycles. The smallest absolute Gasteiger partial charge is 0.258 e. The molecule has 0 atom stereocenters. The summed E-state index contributed by atoms with van der Waals surface area (Å²) < 4.78 is 25.9. The van der Waals surface area contributed by atoms with Gasteiger partial charge >= 0.3 is 0 Å². The van der Waals surface area contributed by atoms with Crippen molar-refractivity contribution in [1.29, 1.82) is 0 Å². The Bertz CT molecular complexity index is 1200. The summed E-state index contributed by atoms with van der Waals surface area (Å²) in [6.07, 6.45) is 0.758. The van der Waals surface area contributed by atoms with E-state index in [0.717, 1.165) is 38.2 Å². The molecule has 6 nitrogen and oxygen atoms in total. The molecule has 0 saturated heterocycles. The molecule has 2 heterocycles. The fourth-order valence-electron chi connectivity index (χ4n) is 3.42. The lowest BCUT2D eigenvalue weighted by molar-refractivity contribution is 0.0989. The third-order valence-corrected chi connectivity index (χ3v) is 7.58. The first-order valence-corrected chi connectivity index (χ1v) is 11.5. The van der Waals surface area contributed by atoms with E-state index in [4.69, 9.17) is 0 Å². The zero-order chi connectivity index (χ0) is 20.8. The maximum atomic E-state index is 13.1. The van der Waals surface area contributed by atoms with E-state index in [0.29, 0.717) is 12.1 Å². The molecular formula is C21H21N3O3S2. The minimum Gasteiger partial charge on any atom is -0.308 e. The van der Waals surface area contributed by atoms with Gasteiger partial charge in [0.2, 0.25) is 10.0 Å². The number of anilines is 1. The van der Waals surface area contributed by atoms with Crippen LogP contribution in [0.4, 0.5) is 5.69 Å². The lowest BCUT2D eigenvalue weighted by Gasteiger charge is -2.18. The van der Waals surface area contributed by atoms with Gasteiger partial charge in [0.15, 0.2) is 0 Å². The second-order valence-electron chi connectivity index (χ2n) is 7.12. The number of aryl methyl sites for hydroxylation is 1. The van der Waals surface area contributed by atoms with Gasteiger partial charge in [0, 0.05) is 42.8 Å². The number of sulfonamides is 1. The van der Waals surface area contributed by atoms with Crippen LogP contribution in [-0.2, 0) is 16.4 Å². The molecule has 0 saturated carbocycles. The predicted molar refractivity (Wildman–Crippen MR) is 115 cm³/mol. The monoisotopic (exact) mass is 427 g/mol. The summed E-state index contributed by atoms with van der Waals surface area (Å²) in [6.45, 7) is 2.55. The molecule has 0 unspecified atom stereocenters. The van der Waals surface area contributed by atoms with Crippen molar-refractivity contribution in [3.05, 3.63) is 64.0 Å². The fourth-order valence-corrected chi connectivity index (χ4v) is 4.99. The highest BCUT2D eigenvalue weighted by Gasteiger charge is 2.27. The Hall–Kier alpha value is -2.55. The van der Waals surface area contributed by atoms with Crippen molar-refractivity contribution < 1.29 is 13.2 Å². The molecule has 0 bridgehead atoms. The molecule has 0 spiro atoms. The highest BCUT2D eigenvalue weighted by Crippen LogP contribution is 2.33. The fraction of sp³-hybridized carbons (Fsp3) is 0.238. The average Bonchev–Trinajstić information content (AvgIpc) is 3.33. The Balaban J connectivity index is 1.64. The Morgan fingerprint density at radius 2 is 1.97 bits per heavy atom. The minimum absolute atomic E-state index is 0.113. The largest absolute Gasteiger partial charge is 0.308 e. The lowest BCUT2D eigenvalue weighted by atomic mass is 10.1. The number of amides is 1.